The van der Waals surface area contributed by atoms with Crippen LogP contribution in [0.5, 0.6) is 0 Å². The van der Waals surface area contributed by atoms with Gasteiger partial charge in [0.05, 0.1) is 6.20 Å². The molecule has 4 nitrogen and oxygen atoms in total. The largest absolute Gasteiger partial charge is 0.370 e. The number of aryl methyl sites for hydroxylation is 1. The van der Waals surface area contributed by atoms with Crippen LogP contribution in [-0.4, -0.2) is 21.5 Å². The van der Waals surface area contributed by atoms with Crippen molar-refractivity contribution in [1.29, 1.82) is 0 Å². The summed E-state index contributed by atoms with van der Waals surface area (Å²) in [6.07, 6.45) is 4.11. The van der Waals surface area contributed by atoms with Crippen LogP contribution < -0.4 is 5.32 Å². The number of nitrogens with zero attached hydrogens (tertiary/aromatic N) is 3. The van der Waals surface area contributed by atoms with Crippen molar-refractivity contribution in [2.45, 2.75) is 33.1 Å². The first-order valence-corrected chi connectivity index (χ1v) is 6.96. The van der Waals surface area contributed by atoms with Crippen LogP contribution in [0.1, 0.15) is 32.4 Å². The van der Waals surface area contributed by atoms with E-state index in [1.807, 2.05) is 6.07 Å². The molecule has 0 amide bonds. The third-order valence-electron chi connectivity index (χ3n) is 2.80. The maximum atomic E-state index is 12.9. The summed E-state index contributed by atoms with van der Waals surface area (Å²) >= 11 is 0. The molecule has 0 saturated heterocycles. The zero-order valence-electron chi connectivity index (χ0n) is 11.9. The van der Waals surface area contributed by atoms with Crippen LogP contribution in [0, 0.1) is 5.82 Å². The van der Waals surface area contributed by atoms with E-state index in [1.165, 1.54) is 12.3 Å². The Bertz CT molecular complexity index is 554. The van der Waals surface area contributed by atoms with E-state index < -0.39 is 0 Å². The summed E-state index contributed by atoms with van der Waals surface area (Å²) in [6.45, 7) is 5.07. The van der Waals surface area contributed by atoms with Gasteiger partial charge >= 0.3 is 0 Å². The van der Waals surface area contributed by atoms with E-state index in [4.69, 9.17) is 0 Å². The quantitative estimate of drug-likeness (QED) is 0.876. The highest BCUT2D eigenvalue weighted by Gasteiger charge is 2.08. The van der Waals surface area contributed by atoms with Gasteiger partial charge in [-0.15, -0.1) is 0 Å². The summed E-state index contributed by atoms with van der Waals surface area (Å²) < 4.78 is 12.9. The lowest BCUT2D eigenvalue weighted by atomic mass is 10.2. The lowest BCUT2D eigenvalue weighted by Crippen LogP contribution is -2.06. The minimum Gasteiger partial charge on any atom is -0.370 e. The van der Waals surface area contributed by atoms with Gasteiger partial charge < -0.3 is 5.32 Å². The molecule has 0 aliphatic rings. The number of halogens is 1. The van der Waals surface area contributed by atoms with Gasteiger partial charge in [-0.1, -0.05) is 20.3 Å². The van der Waals surface area contributed by atoms with Crippen molar-refractivity contribution in [2.24, 2.45) is 0 Å². The van der Waals surface area contributed by atoms with Crippen molar-refractivity contribution in [3.63, 3.8) is 0 Å². The molecule has 0 saturated carbocycles. The van der Waals surface area contributed by atoms with Gasteiger partial charge in [-0.3, -0.25) is 0 Å². The topological polar surface area (TPSA) is 50.7 Å². The SMILES string of the molecule is CCCNc1cc(CCC)nc(-c2ccc(F)cn2)n1. The maximum absolute atomic E-state index is 12.9. The molecular formula is C15H19FN4. The van der Waals surface area contributed by atoms with E-state index in [9.17, 15) is 4.39 Å². The van der Waals surface area contributed by atoms with Crippen LogP contribution in [0.15, 0.2) is 24.4 Å². The Morgan fingerprint density at radius 3 is 2.65 bits per heavy atom. The molecule has 0 fully saturated rings. The molecule has 2 heterocycles. The normalized spacial score (nSPS) is 10.6. The van der Waals surface area contributed by atoms with Crippen molar-refractivity contribution < 1.29 is 4.39 Å². The minimum absolute atomic E-state index is 0.359. The van der Waals surface area contributed by atoms with E-state index in [0.29, 0.717) is 11.5 Å². The molecule has 0 spiro atoms. The maximum Gasteiger partial charge on any atom is 0.180 e. The highest BCUT2D eigenvalue weighted by atomic mass is 19.1. The van der Waals surface area contributed by atoms with Crippen LogP contribution in [-0.2, 0) is 6.42 Å². The number of rotatable bonds is 6. The van der Waals surface area contributed by atoms with Gasteiger partial charge in [-0.05, 0) is 25.0 Å². The summed E-state index contributed by atoms with van der Waals surface area (Å²) in [5.41, 5.74) is 1.56. The standard InChI is InChI=1S/C15H19FN4/c1-3-5-12-9-14(17-8-4-2)20-15(19-12)13-7-6-11(16)10-18-13/h6-7,9-10H,3-5,8H2,1-2H3,(H,17,19,20). The first kappa shape index (κ1) is 14.4. The molecule has 2 aromatic heterocycles. The van der Waals surface area contributed by atoms with Gasteiger partial charge in [0.25, 0.3) is 0 Å². The second-order valence-electron chi connectivity index (χ2n) is 4.61. The van der Waals surface area contributed by atoms with Gasteiger partial charge in [0.1, 0.15) is 17.3 Å². The average molecular weight is 274 g/mol. The number of anilines is 1. The molecule has 0 aliphatic heterocycles. The van der Waals surface area contributed by atoms with E-state index in [-0.39, 0.29) is 5.82 Å². The van der Waals surface area contributed by atoms with Crippen molar-refractivity contribution in [3.8, 4) is 11.5 Å². The molecule has 1 N–H and O–H groups in total. The molecule has 20 heavy (non-hydrogen) atoms. The molecule has 106 valence electrons. The second-order valence-corrected chi connectivity index (χ2v) is 4.61. The van der Waals surface area contributed by atoms with Gasteiger partial charge in [0, 0.05) is 18.3 Å². The van der Waals surface area contributed by atoms with Gasteiger partial charge in [-0.2, -0.15) is 0 Å². The summed E-state index contributed by atoms with van der Waals surface area (Å²) in [4.78, 5) is 13.0. The molecular weight excluding hydrogens is 255 g/mol. The first-order valence-electron chi connectivity index (χ1n) is 6.96. The van der Waals surface area contributed by atoms with E-state index in [1.54, 1.807) is 6.07 Å². The van der Waals surface area contributed by atoms with E-state index >= 15 is 0 Å². The Labute approximate surface area is 118 Å². The van der Waals surface area contributed by atoms with Crippen molar-refractivity contribution in [1.82, 2.24) is 15.0 Å². The lowest BCUT2D eigenvalue weighted by molar-refractivity contribution is 0.621. The summed E-state index contributed by atoms with van der Waals surface area (Å²) in [7, 11) is 0. The average Bonchev–Trinajstić information content (AvgIpc) is 2.46. The van der Waals surface area contributed by atoms with Crippen molar-refractivity contribution >= 4 is 5.82 Å². The van der Waals surface area contributed by atoms with Crippen LogP contribution in [0.25, 0.3) is 11.5 Å². The van der Waals surface area contributed by atoms with Gasteiger partial charge in [-0.25, -0.2) is 19.3 Å². The Balaban J connectivity index is 2.34. The zero-order valence-corrected chi connectivity index (χ0v) is 11.9. The molecule has 0 radical (unpaired) electrons. The fraction of sp³-hybridized carbons (Fsp3) is 0.400. The molecule has 2 aromatic rings. The summed E-state index contributed by atoms with van der Waals surface area (Å²) in [5.74, 6) is 0.976. The Kier molecular flexibility index (Phi) is 4.98. The highest BCUT2D eigenvalue weighted by Crippen LogP contribution is 2.17. The lowest BCUT2D eigenvalue weighted by Gasteiger charge is -2.09. The molecule has 0 atom stereocenters. The third-order valence-corrected chi connectivity index (χ3v) is 2.80. The smallest absolute Gasteiger partial charge is 0.180 e. The Hall–Kier alpha value is -2.04. The van der Waals surface area contributed by atoms with Gasteiger partial charge in [0.15, 0.2) is 5.82 Å². The summed E-state index contributed by atoms with van der Waals surface area (Å²) in [5, 5.41) is 3.26. The zero-order chi connectivity index (χ0) is 14.4. The van der Waals surface area contributed by atoms with E-state index in [2.05, 4.69) is 34.1 Å². The molecule has 0 bridgehead atoms. The number of hydrogen-bond donors (Lipinski definition) is 1. The second kappa shape index (κ2) is 6.93. The Morgan fingerprint density at radius 1 is 1.15 bits per heavy atom. The molecule has 0 aromatic carbocycles. The van der Waals surface area contributed by atoms with Gasteiger partial charge in [0.2, 0.25) is 0 Å². The van der Waals surface area contributed by atoms with E-state index in [0.717, 1.165) is 37.3 Å². The number of aromatic nitrogens is 3. The van der Waals surface area contributed by atoms with Crippen LogP contribution in [0.2, 0.25) is 0 Å². The number of pyridine rings is 1. The molecule has 2 rings (SSSR count). The fourth-order valence-corrected chi connectivity index (χ4v) is 1.85. The fourth-order valence-electron chi connectivity index (χ4n) is 1.85. The molecule has 5 heteroatoms. The van der Waals surface area contributed by atoms with Crippen LogP contribution in [0.4, 0.5) is 10.2 Å². The monoisotopic (exact) mass is 274 g/mol. The van der Waals surface area contributed by atoms with Crippen LogP contribution >= 0.6 is 0 Å². The number of hydrogen-bond acceptors (Lipinski definition) is 4. The van der Waals surface area contributed by atoms with Crippen molar-refractivity contribution in [2.75, 3.05) is 11.9 Å². The highest BCUT2D eigenvalue weighted by molar-refractivity contribution is 5.53. The summed E-state index contributed by atoms with van der Waals surface area (Å²) in [6, 6.07) is 4.94. The molecule has 0 aliphatic carbocycles. The van der Waals surface area contributed by atoms with Crippen LogP contribution in [0.3, 0.4) is 0 Å². The third kappa shape index (κ3) is 3.73. The minimum atomic E-state index is -0.359. The predicted octanol–water partition coefficient (Wildman–Crippen LogP) is 3.45. The van der Waals surface area contributed by atoms with Crippen molar-refractivity contribution in [3.05, 3.63) is 35.9 Å². The predicted molar refractivity (Wildman–Crippen MR) is 78.0 cm³/mol. The number of nitrogens with one attached hydrogen (secondary N) is 1. The first-order chi connectivity index (χ1) is 9.72. The molecule has 0 unspecified atom stereocenters. The Morgan fingerprint density at radius 2 is 2.00 bits per heavy atom.